The van der Waals surface area contributed by atoms with E-state index in [1.165, 1.54) is 12.8 Å². The molecule has 1 N–H and O–H groups in total. The third kappa shape index (κ3) is 6.17. The maximum Gasteiger partial charge on any atom is 0.251 e. The number of fused-ring (bicyclic) bond motifs is 1. The van der Waals surface area contributed by atoms with Crippen molar-refractivity contribution in [3.63, 3.8) is 0 Å². The van der Waals surface area contributed by atoms with Gasteiger partial charge in [-0.2, -0.15) is 0 Å². The number of nitrogens with one attached hydrogen (secondary N) is 1. The predicted molar refractivity (Wildman–Crippen MR) is 152 cm³/mol. The number of piperazine rings is 1. The molecule has 2 amide bonds. The Balaban J connectivity index is 1.28. The summed E-state index contributed by atoms with van der Waals surface area (Å²) < 4.78 is 5.85. The highest BCUT2D eigenvalue weighted by molar-refractivity contribution is 5.99. The smallest absolute Gasteiger partial charge is 0.251 e. The highest BCUT2D eigenvalue weighted by Gasteiger charge is 2.53. The summed E-state index contributed by atoms with van der Waals surface area (Å²) in [6, 6.07) is 6.69. The van der Waals surface area contributed by atoms with Crippen LogP contribution in [0.15, 0.2) is 24.3 Å². The number of benzene rings is 1. The first-order chi connectivity index (χ1) is 19.0. The first kappa shape index (κ1) is 28.1. The van der Waals surface area contributed by atoms with Crippen molar-refractivity contribution in [1.29, 1.82) is 0 Å². The Hall–Kier alpha value is -2.45. The second-order valence-electron chi connectivity index (χ2n) is 12.0. The Morgan fingerprint density at radius 1 is 1.00 bits per heavy atom. The zero-order valence-electron chi connectivity index (χ0n) is 23.8. The van der Waals surface area contributed by atoms with E-state index in [1.54, 1.807) is 4.90 Å². The number of carbonyl (C=O) groups excluding carboxylic acids is 3. The van der Waals surface area contributed by atoms with Crippen LogP contribution < -0.4 is 10.2 Å². The largest absolute Gasteiger partial charge is 0.369 e. The Labute approximate surface area is 233 Å². The van der Waals surface area contributed by atoms with E-state index in [2.05, 4.69) is 29.0 Å². The van der Waals surface area contributed by atoms with Gasteiger partial charge in [-0.05, 0) is 62.4 Å². The van der Waals surface area contributed by atoms with Crippen molar-refractivity contribution < 1.29 is 19.1 Å². The number of anilines is 1. The molecule has 1 aliphatic carbocycles. The molecular weight excluding hydrogens is 492 g/mol. The molecule has 8 nitrogen and oxygen atoms in total. The van der Waals surface area contributed by atoms with Crippen molar-refractivity contribution in [2.45, 2.75) is 83.4 Å². The van der Waals surface area contributed by atoms with Gasteiger partial charge in [-0.25, -0.2) is 0 Å². The van der Waals surface area contributed by atoms with E-state index in [1.807, 2.05) is 24.3 Å². The van der Waals surface area contributed by atoms with Crippen LogP contribution in [0.25, 0.3) is 0 Å². The van der Waals surface area contributed by atoms with Gasteiger partial charge in [0.05, 0.1) is 6.10 Å². The van der Waals surface area contributed by atoms with Crippen molar-refractivity contribution in [2.24, 2.45) is 11.8 Å². The normalized spacial score (nSPS) is 27.0. The van der Waals surface area contributed by atoms with E-state index in [-0.39, 0.29) is 42.1 Å². The van der Waals surface area contributed by atoms with Crippen LogP contribution in [0.1, 0.15) is 75.6 Å². The first-order valence-corrected chi connectivity index (χ1v) is 15.3. The fourth-order valence-corrected chi connectivity index (χ4v) is 7.23. The minimum Gasteiger partial charge on any atom is -0.369 e. The molecule has 0 bridgehead atoms. The van der Waals surface area contributed by atoms with E-state index in [0.29, 0.717) is 12.1 Å². The number of rotatable bonds is 9. The van der Waals surface area contributed by atoms with Crippen LogP contribution >= 0.6 is 0 Å². The number of ketones is 1. The summed E-state index contributed by atoms with van der Waals surface area (Å²) in [4.78, 5) is 46.9. The molecule has 4 atom stereocenters. The maximum absolute atomic E-state index is 14.1. The number of Topliss-reactive ketones (excluding diaryl/α,β-unsaturated/α-hetero) is 1. The second kappa shape index (κ2) is 12.8. The summed E-state index contributed by atoms with van der Waals surface area (Å²) in [7, 11) is 0. The monoisotopic (exact) mass is 538 g/mol. The fourth-order valence-electron chi connectivity index (χ4n) is 7.23. The maximum atomic E-state index is 14.1. The fraction of sp³-hybridized carbons (Fsp3) is 0.710. The predicted octanol–water partition coefficient (Wildman–Crippen LogP) is 3.49. The topological polar surface area (TPSA) is 82.2 Å². The van der Waals surface area contributed by atoms with Crippen molar-refractivity contribution in [1.82, 2.24) is 15.1 Å². The molecular formula is C31H46N4O4. The summed E-state index contributed by atoms with van der Waals surface area (Å²) in [5.41, 5.74) is 1.70. The highest BCUT2D eigenvalue weighted by Crippen LogP contribution is 2.36. The second-order valence-corrected chi connectivity index (χ2v) is 12.0. The number of likely N-dealkylation sites (tertiary alicyclic amines) is 1. The zero-order chi connectivity index (χ0) is 27.4. The minimum atomic E-state index is -0.612. The molecule has 39 heavy (non-hydrogen) atoms. The SMILES string of the molecule is CCC[C@H]1CN(C(=O)[C@@H](NC(=O)c2ccc(N3CCN(CCC)CC3)cc2)C2CCCCC2)[C@@H]2C(=O)CO[C@H]12. The summed E-state index contributed by atoms with van der Waals surface area (Å²) in [6.07, 6.45) is 8.03. The quantitative estimate of drug-likeness (QED) is 0.518. The number of amides is 2. The van der Waals surface area contributed by atoms with E-state index < -0.39 is 12.1 Å². The van der Waals surface area contributed by atoms with Crippen LogP contribution in [0.5, 0.6) is 0 Å². The van der Waals surface area contributed by atoms with E-state index in [4.69, 9.17) is 4.74 Å². The van der Waals surface area contributed by atoms with Crippen LogP contribution in [0.2, 0.25) is 0 Å². The van der Waals surface area contributed by atoms with Gasteiger partial charge in [0.2, 0.25) is 5.91 Å². The molecule has 1 aromatic rings. The molecule has 0 radical (unpaired) electrons. The van der Waals surface area contributed by atoms with Crippen LogP contribution in [0.4, 0.5) is 5.69 Å². The van der Waals surface area contributed by atoms with E-state index in [9.17, 15) is 14.4 Å². The standard InChI is InChI=1S/C31H46N4O4/c1-3-8-24-20-35(28-26(36)21-39-29(24)28)31(38)27(22-9-6-5-7-10-22)32-30(37)23-11-13-25(14-12-23)34-18-16-33(15-4-2)17-19-34/h11-14,22,24,27-29H,3-10,15-21H2,1-2H3,(H,32,37)/t24-,27-,28+,29+/m0/s1. The van der Waals surface area contributed by atoms with Crippen molar-refractivity contribution >= 4 is 23.3 Å². The zero-order valence-corrected chi connectivity index (χ0v) is 23.8. The molecule has 4 fully saturated rings. The van der Waals surface area contributed by atoms with Crippen LogP contribution in [-0.2, 0) is 14.3 Å². The van der Waals surface area contributed by atoms with Gasteiger partial charge in [-0.3, -0.25) is 19.3 Å². The summed E-state index contributed by atoms with van der Waals surface area (Å²) in [6.45, 7) is 10.2. The average Bonchev–Trinajstić information content (AvgIpc) is 3.53. The Bertz CT molecular complexity index is 1000. The third-order valence-corrected chi connectivity index (χ3v) is 9.31. The van der Waals surface area contributed by atoms with Gasteiger partial charge in [0.15, 0.2) is 5.78 Å². The number of nitrogens with zero attached hydrogens (tertiary/aromatic N) is 3. The van der Waals surface area contributed by atoms with Gasteiger partial charge < -0.3 is 19.9 Å². The summed E-state index contributed by atoms with van der Waals surface area (Å²) >= 11 is 0. The summed E-state index contributed by atoms with van der Waals surface area (Å²) in [5.74, 6) is -0.0614. The van der Waals surface area contributed by atoms with Crippen molar-refractivity contribution in [3.8, 4) is 0 Å². The Morgan fingerprint density at radius 3 is 2.38 bits per heavy atom. The molecule has 1 aromatic carbocycles. The number of ether oxygens (including phenoxy) is 1. The Kier molecular flexibility index (Phi) is 9.23. The molecule has 3 aliphatic heterocycles. The lowest BCUT2D eigenvalue weighted by Gasteiger charge is -2.36. The highest BCUT2D eigenvalue weighted by atomic mass is 16.5. The molecule has 5 rings (SSSR count). The molecule has 1 saturated carbocycles. The average molecular weight is 539 g/mol. The molecule has 3 heterocycles. The van der Waals surface area contributed by atoms with E-state index in [0.717, 1.165) is 76.9 Å². The number of hydrogen-bond donors (Lipinski definition) is 1. The minimum absolute atomic E-state index is 0.00760. The van der Waals surface area contributed by atoms with E-state index >= 15 is 0 Å². The number of carbonyl (C=O) groups is 3. The lowest BCUT2D eigenvalue weighted by atomic mass is 9.83. The van der Waals surface area contributed by atoms with Crippen LogP contribution in [0.3, 0.4) is 0 Å². The van der Waals surface area contributed by atoms with Gasteiger partial charge in [0.25, 0.3) is 5.91 Å². The van der Waals surface area contributed by atoms with Gasteiger partial charge in [0.1, 0.15) is 18.7 Å². The first-order valence-electron chi connectivity index (χ1n) is 15.3. The van der Waals surface area contributed by atoms with Crippen LogP contribution in [0, 0.1) is 11.8 Å². The number of hydrogen-bond acceptors (Lipinski definition) is 6. The van der Waals surface area contributed by atoms with Gasteiger partial charge in [-0.1, -0.05) is 39.5 Å². The van der Waals surface area contributed by atoms with Crippen molar-refractivity contribution in [3.05, 3.63) is 29.8 Å². The molecule has 0 unspecified atom stereocenters. The molecule has 0 spiro atoms. The molecule has 8 heteroatoms. The lowest BCUT2D eigenvalue weighted by Crippen LogP contribution is -2.55. The van der Waals surface area contributed by atoms with Crippen molar-refractivity contribution in [2.75, 3.05) is 50.8 Å². The molecule has 4 aliphatic rings. The van der Waals surface area contributed by atoms with Gasteiger partial charge >= 0.3 is 0 Å². The van der Waals surface area contributed by atoms with Gasteiger partial charge in [0, 0.05) is 49.9 Å². The van der Waals surface area contributed by atoms with Crippen LogP contribution in [-0.4, -0.2) is 91.5 Å². The summed E-state index contributed by atoms with van der Waals surface area (Å²) in [5, 5.41) is 3.14. The van der Waals surface area contributed by atoms with Gasteiger partial charge in [-0.15, -0.1) is 0 Å². The molecule has 214 valence electrons. The molecule has 0 aromatic heterocycles. The lowest BCUT2D eigenvalue weighted by molar-refractivity contribution is -0.139. The Morgan fingerprint density at radius 2 is 1.72 bits per heavy atom. The third-order valence-electron chi connectivity index (χ3n) is 9.31. The molecule has 3 saturated heterocycles.